The molecule has 2 aromatic rings. The van der Waals surface area contributed by atoms with E-state index in [-0.39, 0.29) is 36.2 Å². The lowest BCUT2D eigenvalue weighted by atomic mass is 10.1. The number of fused-ring (bicyclic) bond motifs is 3. The molecule has 2 aliphatic heterocycles. The first kappa shape index (κ1) is 21.1. The number of alkyl halides is 2. The third-order valence-corrected chi connectivity index (χ3v) is 5.22. The van der Waals surface area contributed by atoms with E-state index < -0.39 is 24.4 Å². The molecule has 0 unspecified atom stereocenters. The number of rotatable bonds is 5. The zero-order valence-corrected chi connectivity index (χ0v) is 16.8. The molecule has 32 heavy (non-hydrogen) atoms. The van der Waals surface area contributed by atoms with E-state index >= 15 is 0 Å². The van der Waals surface area contributed by atoms with Gasteiger partial charge in [0.15, 0.2) is 11.8 Å². The van der Waals surface area contributed by atoms with E-state index in [2.05, 4.69) is 16.4 Å². The molecular weight excluding hydrogens is 426 g/mol. The molecule has 2 aliphatic rings. The molecule has 1 fully saturated rings. The molecule has 1 saturated heterocycles. The monoisotopic (exact) mass is 444 g/mol. The van der Waals surface area contributed by atoms with Crippen LogP contribution in [0.4, 0.5) is 20.3 Å². The number of anilines is 2. The summed E-state index contributed by atoms with van der Waals surface area (Å²) in [5, 5.41) is 12.6. The van der Waals surface area contributed by atoms with Gasteiger partial charge in [0.1, 0.15) is 48.5 Å². The van der Waals surface area contributed by atoms with Gasteiger partial charge in [-0.15, -0.1) is 0 Å². The highest BCUT2D eigenvalue weighted by Gasteiger charge is 2.40. The number of carbonyl (C=O) groups excluding carboxylic acids is 2. The minimum absolute atomic E-state index is 0.0945. The second kappa shape index (κ2) is 8.20. The molecule has 3 heterocycles. The second-order valence-corrected chi connectivity index (χ2v) is 7.20. The molecular formula is C20H18F2N6O4. The van der Waals surface area contributed by atoms with Crippen molar-refractivity contribution in [3.05, 3.63) is 29.8 Å². The Morgan fingerprint density at radius 1 is 1.41 bits per heavy atom. The van der Waals surface area contributed by atoms with Crippen molar-refractivity contribution < 1.29 is 27.8 Å². The van der Waals surface area contributed by atoms with Crippen molar-refractivity contribution in [1.29, 1.82) is 5.26 Å². The number of nitrogens with one attached hydrogen (secondary N) is 1. The molecule has 0 radical (unpaired) electrons. The van der Waals surface area contributed by atoms with Crippen LogP contribution in [0.3, 0.4) is 0 Å². The Kier molecular flexibility index (Phi) is 5.42. The van der Waals surface area contributed by atoms with Gasteiger partial charge in [-0.1, -0.05) is 0 Å². The van der Waals surface area contributed by atoms with Crippen LogP contribution in [0.15, 0.2) is 24.2 Å². The molecule has 10 nitrogen and oxygen atoms in total. The number of carbonyl (C=O) groups is 1. The summed E-state index contributed by atoms with van der Waals surface area (Å²) in [7, 11) is 0. The van der Waals surface area contributed by atoms with Gasteiger partial charge in [-0.25, -0.2) is 18.6 Å². The lowest BCUT2D eigenvalue weighted by Gasteiger charge is -2.19. The molecule has 0 spiro atoms. The van der Waals surface area contributed by atoms with Crippen LogP contribution in [0.2, 0.25) is 0 Å². The van der Waals surface area contributed by atoms with E-state index in [1.807, 2.05) is 0 Å². The van der Waals surface area contributed by atoms with Gasteiger partial charge < -0.3 is 25.1 Å². The first-order valence-electron chi connectivity index (χ1n) is 9.64. The topological polar surface area (TPSA) is 136 Å². The maximum absolute atomic E-state index is 13.5. The van der Waals surface area contributed by atoms with Gasteiger partial charge in [0, 0.05) is 6.20 Å². The molecule has 1 amide bonds. The highest BCUT2D eigenvalue weighted by atomic mass is 19.3. The van der Waals surface area contributed by atoms with Gasteiger partial charge in [0.05, 0.1) is 17.8 Å². The Bertz CT molecular complexity index is 1170. The van der Waals surface area contributed by atoms with Crippen molar-refractivity contribution in [3.63, 3.8) is 0 Å². The van der Waals surface area contributed by atoms with E-state index in [0.29, 0.717) is 23.6 Å². The van der Waals surface area contributed by atoms with Crippen molar-refractivity contribution in [3.8, 4) is 23.2 Å². The highest BCUT2D eigenvalue weighted by molar-refractivity contribution is 5.85. The number of primary amides is 1. The number of nitrogens with zero attached hydrogens (tertiary/aromatic N) is 4. The number of imidazole rings is 1. The molecule has 0 saturated carbocycles. The number of halogens is 2. The summed E-state index contributed by atoms with van der Waals surface area (Å²) >= 11 is 0. The number of aromatic nitrogens is 2. The summed E-state index contributed by atoms with van der Waals surface area (Å²) in [6.45, 7) is 1.68. The average Bonchev–Trinajstić information content (AvgIpc) is 3.34. The first-order valence-corrected chi connectivity index (χ1v) is 9.64. The fraction of sp³-hybridized carbons (Fsp3) is 0.350. The van der Waals surface area contributed by atoms with Gasteiger partial charge in [-0.2, -0.15) is 5.26 Å². The Balaban J connectivity index is 1.80. The molecule has 1 aromatic carbocycles. The van der Waals surface area contributed by atoms with Crippen LogP contribution in [-0.2, 0) is 20.9 Å². The SMILES string of the molecule is C[C@H](Nc1ccc2c(c1C#N)OCCn1cc(N3C(=C=O)OC[C@H]3C(F)F)nc1-2)C(N)=O. The number of hydrogen-bond acceptors (Lipinski definition) is 8. The van der Waals surface area contributed by atoms with Crippen molar-refractivity contribution in [2.45, 2.75) is 32.0 Å². The molecule has 166 valence electrons. The molecule has 0 aliphatic carbocycles. The molecule has 2 atom stereocenters. The van der Waals surface area contributed by atoms with Crippen molar-refractivity contribution >= 4 is 23.4 Å². The molecule has 0 bridgehead atoms. The van der Waals surface area contributed by atoms with Gasteiger partial charge in [-0.3, -0.25) is 9.69 Å². The molecule has 3 N–H and O–H groups in total. The minimum Gasteiger partial charge on any atom is -0.489 e. The highest BCUT2D eigenvalue weighted by Crippen LogP contribution is 2.40. The van der Waals surface area contributed by atoms with Crippen molar-refractivity contribution in [2.75, 3.05) is 23.4 Å². The summed E-state index contributed by atoms with van der Waals surface area (Å²) in [6, 6.07) is 3.19. The summed E-state index contributed by atoms with van der Waals surface area (Å²) in [5.41, 5.74) is 6.25. The van der Waals surface area contributed by atoms with Crippen molar-refractivity contribution in [1.82, 2.24) is 9.55 Å². The van der Waals surface area contributed by atoms with Crippen LogP contribution in [0.5, 0.6) is 5.75 Å². The lowest BCUT2D eigenvalue weighted by molar-refractivity contribution is -0.118. The number of nitriles is 1. The third kappa shape index (κ3) is 3.48. The predicted octanol–water partition coefficient (Wildman–Crippen LogP) is 1.24. The Hall–Kier alpha value is -4.10. The second-order valence-electron chi connectivity index (χ2n) is 7.20. The Labute approximate surface area is 180 Å². The van der Waals surface area contributed by atoms with Gasteiger partial charge in [-0.05, 0) is 19.1 Å². The number of amides is 1. The van der Waals surface area contributed by atoms with Crippen LogP contribution >= 0.6 is 0 Å². The zero-order chi connectivity index (χ0) is 23.0. The minimum atomic E-state index is -2.77. The number of nitrogens with two attached hydrogens (primary N) is 1. The number of ether oxygens (including phenoxy) is 2. The van der Waals surface area contributed by atoms with E-state index in [1.54, 1.807) is 23.6 Å². The average molecular weight is 444 g/mol. The fourth-order valence-corrected chi connectivity index (χ4v) is 3.59. The van der Waals surface area contributed by atoms with Crippen LogP contribution in [-0.4, -0.2) is 53.1 Å². The third-order valence-electron chi connectivity index (χ3n) is 5.22. The fourth-order valence-electron chi connectivity index (χ4n) is 3.59. The number of hydrogen-bond donors (Lipinski definition) is 2. The molecule has 4 rings (SSSR count). The lowest BCUT2D eigenvalue weighted by Crippen LogP contribution is -2.36. The molecule has 1 aromatic heterocycles. The van der Waals surface area contributed by atoms with Crippen LogP contribution in [0, 0.1) is 11.3 Å². The standard InChI is InChI=1S/C20H18F2N6O4/c1-10(19(24)30)25-13-3-2-11-17(12(13)6-23)31-5-4-27-7-15(26-20(11)27)28-14(18(21)22)9-32-16(28)8-29/h2-3,7,10,14,18,25H,4-5,9H2,1H3,(H2,24,30)/t10-,14-/m0/s1. The van der Waals surface area contributed by atoms with Gasteiger partial charge in [0.2, 0.25) is 5.91 Å². The van der Waals surface area contributed by atoms with Crippen LogP contribution < -0.4 is 20.7 Å². The van der Waals surface area contributed by atoms with E-state index in [0.717, 1.165) is 4.90 Å². The largest absolute Gasteiger partial charge is 0.489 e. The van der Waals surface area contributed by atoms with E-state index in [4.69, 9.17) is 15.2 Å². The Morgan fingerprint density at radius 2 is 2.19 bits per heavy atom. The van der Waals surface area contributed by atoms with E-state index in [1.165, 1.54) is 12.1 Å². The smallest absolute Gasteiger partial charge is 0.284 e. The normalized spacial score (nSPS) is 17.9. The summed E-state index contributed by atoms with van der Waals surface area (Å²) in [5.74, 6) is 1.28. The maximum atomic E-state index is 13.5. The van der Waals surface area contributed by atoms with E-state index in [9.17, 15) is 23.6 Å². The summed E-state index contributed by atoms with van der Waals surface area (Å²) in [4.78, 5) is 28.1. The van der Waals surface area contributed by atoms with Crippen molar-refractivity contribution in [2.24, 2.45) is 5.73 Å². The van der Waals surface area contributed by atoms with Crippen LogP contribution in [0.1, 0.15) is 12.5 Å². The maximum Gasteiger partial charge on any atom is 0.284 e. The van der Waals surface area contributed by atoms with Gasteiger partial charge in [0.25, 0.3) is 12.3 Å². The Morgan fingerprint density at radius 3 is 2.84 bits per heavy atom. The first-order chi connectivity index (χ1) is 15.3. The quantitative estimate of drug-likeness (QED) is 0.658. The predicted molar refractivity (Wildman–Crippen MR) is 108 cm³/mol. The van der Waals surface area contributed by atoms with Gasteiger partial charge >= 0.3 is 0 Å². The zero-order valence-electron chi connectivity index (χ0n) is 16.8. The summed E-state index contributed by atoms with van der Waals surface area (Å²) < 4.78 is 39.5. The van der Waals surface area contributed by atoms with Crippen LogP contribution in [0.25, 0.3) is 11.4 Å². The summed E-state index contributed by atoms with van der Waals surface area (Å²) in [6.07, 6.45) is -1.26. The number of benzene rings is 1. The molecule has 12 heteroatoms.